The molecule has 0 saturated heterocycles. The van der Waals surface area contributed by atoms with Crippen LogP contribution in [0.4, 0.5) is 0 Å². The van der Waals surface area contributed by atoms with Gasteiger partial charge in [0.15, 0.2) is 5.69 Å². The second-order valence-electron chi connectivity index (χ2n) is 9.35. The van der Waals surface area contributed by atoms with E-state index in [1.807, 2.05) is 31.2 Å². The van der Waals surface area contributed by atoms with E-state index in [9.17, 15) is 14.4 Å². The van der Waals surface area contributed by atoms with Crippen LogP contribution in [0.15, 0.2) is 30.6 Å². The van der Waals surface area contributed by atoms with Crippen molar-refractivity contribution in [2.45, 2.75) is 70.5 Å². The molecule has 182 valence electrons. The van der Waals surface area contributed by atoms with Gasteiger partial charge in [0.25, 0.3) is 11.8 Å². The summed E-state index contributed by atoms with van der Waals surface area (Å²) in [5, 5.41) is 6.65. The van der Waals surface area contributed by atoms with Crippen LogP contribution in [0.25, 0.3) is 0 Å². The van der Waals surface area contributed by atoms with Crippen LogP contribution in [0, 0.1) is 0 Å². The number of imidazole rings is 1. The first kappa shape index (κ1) is 24.3. The molecule has 0 bridgehead atoms. The van der Waals surface area contributed by atoms with Crippen molar-refractivity contribution in [1.29, 1.82) is 0 Å². The molecular formula is C25H32ClN5O3. The molecule has 0 unspecified atom stereocenters. The molecule has 0 spiro atoms. The molecule has 1 saturated carbocycles. The number of hydrogen-bond donors (Lipinski definition) is 2. The van der Waals surface area contributed by atoms with Crippen LogP contribution in [0.3, 0.4) is 0 Å². The number of amides is 3. The molecule has 2 aromatic rings. The Morgan fingerprint density at radius 2 is 1.97 bits per heavy atom. The Morgan fingerprint density at radius 1 is 1.24 bits per heavy atom. The molecule has 1 aromatic carbocycles. The lowest BCUT2D eigenvalue weighted by molar-refractivity contribution is -0.133. The van der Waals surface area contributed by atoms with Crippen LogP contribution >= 0.6 is 11.6 Å². The fourth-order valence-corrected chi connectivity index (χ4v) is 5.16. The van der Waals surface area contributed by atoms with Gasteiger partial charge in [0.1, 0.15) is 11.2 Å². The van der Waals surface area contributed by atoms with E-state index in [1.54, 1.807) is 16.4 Å². The third kappa shape index (κ3) is 4.69. The molecule has 1 aromatic heterocycles. The number of fused-ring (bicyclic) bond motifs is 1. The molecule has 1 aliphatic carbocycles. The Morgan fingerprint density at radius 3 is 2.68 bits per heavy atom. The van der Waals surface area contributed by atoms with E-state index in [0.29, 0.717) is 31.0 Å². The van der Waals surface area contributed by atoms with Crippen molar-refractivity contribution in [3.05, 3.63) is 52.6 Å². The summed E-state index contributed by atoms with van der Waals surface area (Å²) in [4.78, 5) is 45.7. The molecule has 2 N–H and O–H groups in total. The maximum Gasteiger partial charge on any atom is 0.273 e. The summed E-state index contributed by atoms with van der Waals surface area (Å²) in [6.07, 6.45) is 6.92. The first-order valence-corrected chi connectivity index (χ1v) is 12.4. The lowest BCUT2D eigenvalue weighted by Crippen LogP contribution is -2.65. The molecule has 4 rings (SSSR count). The van der Waals surface area contributed by atoms with Gasteiger partial charge in [-0.2, -0.15) is 0 Å². The van der Waals surface area contributed by atoms with Crippen LogP contribution in [0.1, 0.15) is 72.5 Å². The van der Waals surface area contributed by atoms with Crippen molar-refractivity contribution < 1.29 is 14.4 Å². The summed E-state index contributed by atoms with van der Waals surface area (Å²) in [5.74, 6) is -0.901. The minimum absolute atomic E-state index is 0.0866. The molecule has 1 fully saturated rings. The van der Waals surface area contributed by atoms with Gasteiger partial charge >= 0.3 is 0 Å². The third-order valence-corrected chi connectivity index (χ3v) is 7.21. The second-order valence-corrected chi connectivity index (χ2v) is 9.76. The zero-order chi connectivity index (χ0) is 24.3. The van der Waals surface area contributed by atoms with Gasteiger partial charge in [-0.15, -0.1) is 0 Å². The Bertz CT molecular complexity index is 1080. The highest BCUT2D eigenvalue weighted by Crippen LogP contribution is 2.30. The normalized spacial score (nSPS) is 20.3. The summed E-state index contributed by atoms with van der Waals surface area (Å²) in [5.41, 5.74) is 0.213. The van der Waals surface area contributed by atoms with Crippen molar-refractivity contribution in [3.63, 3.8) is 0 Å². The molecule has 2 heterocycles. The average Bonchev–Trinajstić information content (AvgIpc) is 3.47. The molecular weight excluding hydrogens is 454 g/mol. The topological polar surface area (TPSA) is 96.3 Å². The summed E-state index contributed by atoms with van der Waals surface area (Å²) >= 11 is 6.19. The van der Waals surface area contributed by atoms with Crippen molar-refractivity contribution in [2.75, 3.05) is 13.1 Å². The Balaban J connectivity index is 1.51. The number of carbonyl (C=O) groups excluding carboxylic acids is 3. The predicted octanol–water partition coefficient (Wildman–Crippen LogP) is 3.19. The van der Waals surface area contributed by atoms with Crippen LogP contribution in [0.2, 0.25) is 5.02 Å². The number of benzene rings is 1. The van der Waals surface area contributed by atoms with Crippen LogP contribution in [-0.4, -0.2) is 56.8 Å². The predicted molar refractivity (Wildman–Crippen MR) is 130 cm³/mol. The van der Waals surface area contributed by atoms with Crippen molar-refractivity contribution >= 4 is 29.3 Å². The maximum absolute atomic E-state index is 13.6. The van der Waals surface area contributed by atoms with Gasteiger partial charge in [-0.25, -0.2) is 4.98 Å². The molecule has 9 heteroatoms. The second kappa shape index (κ2) is 10.2. The fraction of sp³-hybridized carbons (Fsp3) is 0.520. The smallest absolute Gasteiger partial charge is 0.273 e. The summed E-state index contributed by atoms with van der Waals surface area (Å²) in [6.45, 7) is 4.82. The van der Waals surface area contributed by atoms with Gasteiger partial charge < -0.3 is 20.1 Å². The third-order valence-electron chi connectivity index (χ3n) is 6.84. The average molecular weight is 486 g/mol. The Labute approximate surface area is 205 Å². The van der Waals surface area contributed by atoms with E-state index in [2.05, 4.69) is 15.6 Å². The van der Waals surface area contributed by atoms with E-state index in [0.717, 1.165) is 31.2 Å². The fourth-order valence-electron chi connectivity index (χ4n) is 4.93. The van der Waals surface area contributed by atoms with Gasteiger partial charge in [-0.3, -0.25) is 14.4 Å². The van der Waals surface area contributed by atoms with Crippen LogP contribution < -0.4 is 10.6 Å². The van der Waals surface area contributed by atoms with Crippen LogP contribution in [0.5, 0.6) is 0 Å². The largest absolute Gasteiger partial charge is 0.351 e. The molecule has 34 heavy (non-hydrogen) atoms. The molecule has 1 atom stereocenters. The maximum atomic E-state index is 13.6. The number of rotatable bonds is 8. The Kier molecular flexibility index (Phi) is 7.26. The van der Waals surface area contributed by atoms with Gasteiger partial charge in [0.05, 0.1) is 12.9 Å². The van der Waals surface area contributed by atoms with E-state index in [4.69, 9.17) is 11.6 Å². The van der Waals surface area contributed by atoms with Crippen LogP contribution in [-0.2, 0) is 17.8 Å². The summed E-state index contributed by atoms with van der Waals surface area (Å²) < 4.78 is 1.64. The first-order valence-electron chi connectivity index (χ1n) is 12.0. The van der Waals surface area contributed by atoms with E-state index in [1.165, 1.54) is 6.33 Å². The highest BCUT2D eigenvalue weighted by molar-refractivity contribution is 6.31. The first-order chi connectivity index (χ1) is 16.3. The highest BCUT2D eigenvalue weighted by Gasteiger charge is 2.48. The summed E-state index contributed by atoms with van der Waals surface area (Å²) in [7, 11) is 0. The lowest BCUT2D eigenvalue weighted by Gasteiger charge is -2.44. The minimum Gasteiger partial charge on any atom is -0.351 e. The lowest BCUT2D eigenvalue weighted by atomic mass is 9.93. The zero-order valence-corrected chi connectivity index (χ0v) is 20.5. The van der Waals surface area contributed by atoms with Gasteiger partial charge in [0, 0.05) is 24.2 Å². The quantitative estimate of drug-likeness (QED) is 0.600. The van der Waals surface area contributed by atoms with Gasteiger partial charge in [-0.1, -0.05) is 49.6 Å². The van der Waals surface area contributed by atoms with Crippen molar-refractivity contribution in [3.8, 4) is 0 Å². The molecule has 3 amide bonds. The summed E-state index contributed by atoms with van der Waals surface area (Å²) in [6, 6.07) is 7.64. The zero-order valence-electron chi connectivity index (χ0n) is 19.8. The molecule has 0 radical (unpaired) electrons. The molecule has 8 nitrogen and oxygen atoms in total. The number of hydrogen-bond acceptors (Lipinski definition) is 4. The van der Waals surface area contributed by atoms with E-state index >= 15 is 0 Å². The standard InChI is InChI=1S/C25H32ClN5O3/c1-3-14-31-23(33)21-20(22(32)27-13-12-17-8-4-7-11-19(17)26)28-16-30(21)15-25(31,2)24(34)29-18-9-5-6-10-18/h4,7-8,11,16,18H,3,5-6,9-10,12-15H2,1-2H3,(H,27,32)(H,29,34)/t25-/m0/s1. The number of nitrogens with one attached hydrogen (secondary N) is 2. The number of aromatic nitrogens is 2. The van der Waals surface area contributed by atoms with Gasteiger partial charge in [-0.05, 0) is 44.2 Å². The number of carbonyl (C=O) groups is 3. The number of halogens is 1. The molecule has 1 aliphatic heterocycles. The van der Waals surface area contributed by atoms with Crippen molar-refractivity contribution in [1.82, 2.24) is 25.1 Å². The SMILES string of the molecule is CCCN1C(=O)c2c(C(=O)NCCc3ccccc3Cl)ncn2C[C@@]1(C)C(=O)NC1CCCC1. The van der Waals surface area contributed by atoms with Crippen molar-refractivity contribution in [2.24, 2.45) is 0 Å². The minimum atomic E-state index is -1.04. The number of nitrogens with zero attached hydrogens (tertiary/aromatic N) is 3. The highest BCUT2D eigenvalue weighted by atomic mass is 35.5. The monoisotopic (exact) mass is 485 g/mol. The van der Waals surface area contributed by atoms with E-state index < -0.39 is 11.4 Å². The molecule has 2 aliphatic rings. The Hall–Kier alpha value is -2.87. The van der Waals surface area contributed by atoms with E-state index in [-0.39, 0.29) is 35.8 Å². The van der Waals surface area contributed by atoms with Gasteiger partial charge in [0.2, 0.25) is 5.91 Å².